The highest BCUT2D eigenvalue weighted by molar-refractivity contribution is 6.01. The monoisotopic (exact) mass is 261 g/mol. The zero-order valence-corrected chi connectivity index (χ0v) is 11.9. The van der Waals surface area contributed by atoms with E-state index in [0.717, 1.165) is 35.7 Å². The summed E-state index contributed by atoms with van der Waals surface area (Å²) in [6.07, 6.45) is 6.21. The van der Waals surface area contributed by atoms with E-state index >= 15 is 0 Å². The van der Waals surface area contributed by atoms with Crippen LogP contribution in [0.2, 0.25) is 0 Å². The normalized spacial score (nSPS) is 16.8. The van der Waals surface area contributed by atoms with E-state index in [4.69, 9.17) is 11.1 Å². The van der Waals surface area contributed by atoms with Crippen molar-refractivity contribution in [2.75, 3.05) is 18.0 Å². The number of amidine groups is 1. The molecule has 1 aromatic rings. The van der Waals surface area contributed by atoms with Gasteiger partial charge in [0.05, 0.1) is 11.3 Å². The molecule has 104 valence electrons. The zero-order chi connectivity index (χ0) is 13.8. The maximum absolute atomic E-state index is 7.81. The van der Waals surface area contributed by atoms with E-state index in [0.29, 0.717) is 0 Å². The smallest absolute Gasteiger partial charge is 0.162 e. The summed E-state index contributed by atoms with van der Waals surface area (Å²) in [6, 6.07) is 0. The van der Waals surface area contributed by atoms with Crippen molar-refractivity contribution in [1.82, 2.24) is 10.2 Å². The molecule has 2 heterocycles. The van der Waals surface area contributed by atoms with Crippen LogP contribution in [0.3, 0.4) is 0 Å². The lowest BCUT2D eigenvalue weighted by molar-refractivity contribution is 0.552. The van der Waals surface area contributed by atoms with Crippen molar-refractivity contribution in [3.63, 3.8) is 0 Å². The standard InChI is InChI=1S/C14H23N5/c1-10-11(2)17-18-14(12(10)13(15)16)19-8-6-4-3-5-7-9-19/h3-9H2,1-2H3,(H3,15,16). The number of hydrogen-bond donors (Lipinski definition) is 2. The van der Waals surface area contributed by atoms with Crippen LogP contribution in [0, 0.1) is 19.3 Å². The number of anilines is 1. The third-order valence-electron chi connectivity index (χ3n) is 3.86. The fourth-order valence-electron chi connectivity index (χ4n) is 2.60. The minimum absolute atomic E-state index is 0.0903. The number of nitrogens with two attached hydrogens (primary N) is 1. The summed E-state index contributed by atoms with van der Waals surface area (Å²) in [6.45, 7) is 5.84. The third kappa shape index (κ3) is 3.03. The van der Waals surface area contributed by atoms with Gasteiger partial charge >= 0.3 is 0 Å². The van der Waals surface area contributed by atoms with Crippen LogP contribution in [0.5, 0.6) is 0 Å². The first-order valence-corrected chi connectivity index (χ1v) is 7.04. The molecule has 2 rings (SSSR count). The highest BCUT2D eigenvalue weighted by Crippen LogP contribution is 2.24. The molecular formula is C14H23N5. The minimum atomic E-state index is 0.0903. The van der Waals surface area contributed by atoms with Crippen LogP contribution in [0.25, 0.3) is 0 Å². The summed E-state index contributed by atoms with van der Waals surface area (Å²) in [5, 5.41) is 16.3. The summed E-state index contributed by atoms with van der Waals surface area (Å²) < 4.78 is 0. The molecule has 1 saturated heterocycles. The molecule has 5 heteroatoms. The lowest BCUT2D eigenvalue weighted by Gasteiger charge is -2.27. The lowest BCUT2D eigenvalue weighted by atomic mass is 10.1. The second-order valence-corrected chi connectivity index (χ2v) is 5.28. The Morgan fingerprint density at radius 1 is 1.05 bits per heavy atom. The Hall–Kier alpha value is -1.65. The summed E-state index contributed by atoms with van der Waals surface area (Å²) >= 11 is 0. The molecule has 1 aliphatic rings. The summed E-state index contributed by atoms with van der Waals surface area (Å²) in [5.74, 6) is 0.880. The summed E-state index contributed by atoms with van der Waals surface area (Å²) in [7, 11) is 0. The maximum Gasteiger partial charge on any atom is 0.162 e. The molecule has 0 aromatic carbocycles. The van der Waals surface area contributed by atoms with Gasteiger partial charge in [0.2, 0.25) is 0 Å². The summed E-state index contributed by atoms with van der Waals surface area (Å²) in [4.78, 5) is 2.25. The SMILES string of the molecule is Cc1nnc(N2CCCCCCC2)c(C(=N)N)c1C. The predicted octanol–water partition coefficient (Wildman–Crippen LogP) is 2.15. The van der Waals surface area contributed by atoms with Crippen molar-refractivity contribution in [3.8, 4) is 0 Å². The van der Waals surface area contributed by atoms with Crippen molar-refractivity contribution in [2.24, 2.45) is 5.73 Å². The van der Waals surface area contributed by atoms with E-state index in [1.165, 1.54) is 32.1 Å². The van der Waals surface area contributed by atoms with Gasteiger partial charge in [0.25, 0.3) is 0 Å². The molecule has 1 fully saturated rings. The van der Waals surface area contributed by atoms with Gasteiger partial charge in [-0.3, -0.25) is 5.41 Å². The fourth-order valence-corrected chi connectivity index (χ4v) is 2.60. The molecule has 5 nitrogen and oxygen atoms in total. The highest BCUT2D eigenvalue weighted by Gasteiger charge is 2.19. The number of nitrogens with one attached hydrogen (secondary N) is 1. The molecule has 3 N–H and O–H groups in total. The number of nitrogens with zero attached hydrogens (tertiary/aromatic N) is 3. The molecule has 0 saturated carbocycles. The number of nitrogen functional groups attached to an aromatic ring is 1. The molecule has 0 aliphatic carbocycles. The Morgan fingerprint density at radius 3 is 2.21 bits per heavy atom. The van der Waals surface area contributed by atoms with Crippen LogP contribution in [-0.4, -0.2) is 29.1 Å². The van der Waals surface area contributed by atoms with Crippen molar-refractivity contribution in [1.29, 1.82) is 5.41 Å². The first-order valence-electron chi connectivity index (χ1n) is 7.04. The van der Waals surface area contributed by atoms with E-state index in [1.54, 1.807) is 0 Å². The largest absolute Gasteiger partial charge is 0.384 e. The Kier molecular flexibility index (Phi) is 4.35. The Morgan fingerprint density at radius 2 is 1.63 bits per heavy atom. The predicted molar refractivity (Wildman–Crippen MR) is 77.8 cm³/mol. The van der Waals surface area contributed by atoms with Gasteiger partial charge in [-0.05, 0) is 32.3 Å². The van der Waals surface area contributed by atoms with Gasteiger partial charge in [0, 0.05) is 13.1 Å². The first kappa shape index (κ1) is 13.8. The van der Waals surface area contributed by atoms with Gasteiger partial charge in [-0.25, -0.2) is 0 Å². The van der Waals surface area contributed by atoms with E-state index in [2.05, 4.69) is 15.1 Å². The second kappa shape index (κ2) is 5.99. The van der Waals surface area contributed by atoms with Gasteiger partial charge in [-0.2, -0.15) is 5.10 Å². The lowest BCUT2D eigenvalue weighted by Crippen LogP contribution is -2.31. The quantitative estimate of drug-likeness (QED) is 0.631. The minimum Gasteiger partial charge on any atom is -0.384 e. The molecule has 1 aromatic heterocycles. The van der Waals surface area contributed by atoms with Crippen LogP contribution < -0.4 is 10.6 Å². The Bertz CT molecular complexity index is 461. The van der Waals surface area contributed by atoms with Crippen molar-refractivity contribution < 1.29 is 0 Å². The van der Waals surface area contributed by atoms with Crippen molar-refractivity contribution >= 4 is 11.7 Å². The van der Waals surface area contributed by atoms with E-state index in [1.807, 2.05) is 13.8 Å². The molecular weight excluding hydrogens is 238 g/mol. The molecule has 0 atom stereocenters. The molecule has 0 radical (unpaired) electrons. The van der Waals surface area contributed by atoms with Crippen LogP contribution in [0.1, 0.15) is 48.9 Å². The maximum atomic E-state index is 7.81. The molecule has 19 heavy (non-hydrogen) atoms. The topological polar surface area (TPSA) is 78.9 Å². The van der Waals surface area contributed by atoms with Gasteiger partial charge in [-0.15, -0.1) is 5.10 Å². The number of rotatable bonds is 2. The molecule has 0 spiro atoms. The molecule has 0 bridgehead atoms. The van der Waals surface area contributed by atoms with Crippen LogP contribution >= 0.6 is 0 Å². The second-order valence-electron chi connectivity index (χ2n) is 5.28. The van der Waals surface area contributed by atoms with Gasteiger partial charge in [0.15, 0.2) is 5.82 Å². The third-order valence-corrected chi connectivity index (χ3v) is 3.86. The van der Waals surface area contributed by atoms with E-state index in [-0.39, 0.29) is 5.84 Å². The van der Waals surface area contributed by atoms with Crippen LogP contribution in [0.4, 0.5) is 5.82 Å². The Balaban J connectivity index is 2.36. The van der Waals surface area contributed by atoms with Gasteiger partial charge in [-0.1, -0.05) is 19.3 Å². The number of aryl methyl sites for hydroxylation is 1. The molecule has 0 unspecified atom stereocenters. The van der Waals surface area contributed by atoms with Crippen molar-refractivity contribution in [2.45, 2.75) is 46.0 Å². The van der Waals surface area contributed by atoms with Crippen LogP contribution in [-0.2, 0) is 0 Å². The van der Waals surface area contributed by atoms with Crippen molar-refractivity contribution in [3.05, 3.63) is 16.8 Å². The molecule has 1 aliphatic heterocycles. The fraction of sp³-hybridized carbons (Fsp3) is 0.643. The first-order chi connectivity index (χ1) is 9.11. The number of hydrogen-bond acceptors (Lipinski definition) is 4. The van der Waals surface area contributed by atoms with Gasteiger partial charge in [0.1, 0.15) is 5.84 Å². The highest BCUT2D eigenvalue weighted by atomic mass is 15.3. The average molecular weight is 261 g/mol. The zero-order valence-electron chi connectivity index (χ0n) is 11.9. The van der Waals surface area contributed by atoms with E-state index in [9.17, 15) is 0 Å². The van der Waals surface area contributed by atoms with E-state index < -0.39 is 0 Å². The van der Waals surface area contributed by atoms with Crippen LogP contribution in [0.15, 0.2) is 0 Å². The average Bonchev–Trinajstić information content (AvgIpc) is 2.32. The summed E-state index contributed by atoms with van der Waals surface area (Å²) in [5.41, 5.74) is 8.33. The van der Waals surface area contributed by atoms with Gasteiger partial charge < -0.3 is 10.6 Å². The Labute approximate surface area is 114 Å². The number of aromatic nitrogens is 2. The molecule has 0 amide bonds.